The van der Waals surface area contributed by atoms with E-state index in [2.05, 4.69) is 10.4 Å². The van der Waals surface area contributed by atoms with Gasteiger partial charge in [-0.25, -0.2) is 13.8 Å². The SMILES string of the molecule is C/C=C\C(F)=C(\OC1=NC=C(NN)C(C)C=C1)C(C)F. The number of hydrogen-bond acceptors (Lipinski definition) is 4. The summed E-state index contributed by atoms with van der Waals surface area (Å²) in [5.74, 6) is 4.27. The molecule has 6 heteroatoms. The standard InChI is InChI=1S/C14H19F2N3O/c1-4-5-11(16)14(10(3)15)20-13-7-6-9(2)12(19-17)8-18-13/h4-10,19H,17H2,1-3H3/b5-4-,14-11-. The molecule has 0 aliphatic carbocycles. The number of allylic oxidation sites excluding steroid dienone is 5. The van der Waals surface area contributed by atoms with Gasteiger partial charge in [0.2, 0.25) is 5.90 Å². The van der Waals surface area contributed by atoms with E-state index in [0.29, 0.717) is 5.70 Å². The highest BCUT2D eigenvalue weighted by Crippen LogP contribution is 2.19. The van der Waals surface area contributed by atoms with Crippen molar-refractivity contribution in [2.75, 3.05) is 0 Å². The molecule has 1 heterocycles. The maximum absolute atomic E-state index is 13.7. The molecule has 1 aliphatic heterocycles. The zero-order valence-electron chi connectivity index (χ0n) is 11.7. The van der Waals surface area contributed by atoms with Crippen LogP contribution >= 0.6 is 0 Å². The second kappa shape index (κ2) is 7.59. The molecule has 1 aliphatic rings. The first-order chi connectivity index (χ1) is 9.49. The number of aliphatic imine (C=N–C) groups is 1. The van der Waals surface area contributed by atoms with Gasteiger partial charge in [0.25, 0.3) is 0 Å². The molecule has 0 aromatic rings. The molecule has 0 amide bonds. The van der Waals surface area contributed by atoms with Gasteiger partial charge in [-0.1, -0.05) is 19.1 Å². The third kappa shape index (κ3) is 4.31. The summed E-state index contributed by atoms with van der Waals surface area (Å²) in [5, 5.41) is 0. The molecule has 3 N–H and O–H groups in total. The van der Waals surface area contributed by atoms with E-state index >= 15 is 0 Å². The number of hydrazine groups is 1. The van der Waals surface area contributed by atoms with Crippen molar-refractivity contribution >= 4 is 5.90 Å². The van der Waals surface area contributed by atoms with E-state index in [1.165, 1.54) is 19.2 Å². The average Bonchev–Trinajstić information content (AvgIpc) is 2.57. The highest BCUT2D eigenvalue weighted by molar-refractivity contribution is 5.89. The van der Waals surface area contributed by atoms with E-state index in [4.69, 9.17) is 10.6 Å². The first-order valence-corrected chi connectivity index (χ1v) is 6.26. The van der Waals surface area contributed by atoms with Crippen LogP contribution in [-0.4, -0.2) is 12.1 Å². The van der Waals surface area contributed by atoms with Crippen LogP contribution in [0.4, 0.5) is 8.78 Å². The molecule has 0 saturated carbocycles. The van der Waals surface area contributed by atoms with Crippen molar-refractivity contribution in [1.29, 1.82) is 0 Å². The Hall–Kier alpha value is -1.95. The summed E-state index contributed by atoms with van der Waals surface area (Å²) in [6.45, 7) is 4.73. The largest absolute Gasteiger partial charge is 0.437 e. The van der Waals surface area contributed by atoms with Crippen molar-refractivity contribution in [2.24, 2.45) is 16.8 Å². The Morgan fingerprint density at radius 2 is 2.30 bits per heavy atom. The quantitative estimate of drug-likeness (QED) is 0.361. The molecule has 1 rings (SSSR count). The van der Waals surface area contributed by atoms with E-state index in [1.807, 2.05) is 6.92 Å². The molecule has 0 aromatic carbocycles. The molecule has 20 heavy (non-hydrogen) atoms. The van der Waals surface area contributed by atoms with Gasteiger partial charge >= 0.3 is 0 Å². The van der Waals surface area contributed by atoms with E-state index in [0.717, 1.165) is 6.08 Å². The minimum Gasteiger partial charge on any atom is -0.437 e. The summed E-state index contributed by atoms with van der Waals surface area (Å²) in [6.07, 6.45) is 5.80. The van der Waals surface area contributed by atoms with Crippen molar-refractivity contribution in [3.8, 4) is 0 Å². The van der Waals surface area contributed by atoms with Crippen LogP contribution in [0.3, 0.4) is 0 Å². The van der Waals surface area contributed by atoms with Gasteiger partial charge in [0.15, 0.2) is 17.8 Å². The summed E-state index contributed by atoms with van der Waals surface area (Å²) in [5.41, 5.74) is 3.18. The molecule has 2 unspecified atom stereocenters. The van der Waals surface area contributed by atoms with Crippen LogP contribution in [0.2, 0.25) is 0 Å². The van der Waals surface area contributed by atoms with Gasteiger partial charge in [0, 0.05) is 5.92 Å². The fourth-order valence-corrected chi connectivity index (χ4v) is 1.51. The molecule has 0 bridgehead atoms. The predicted molar refractivity (Wildman–Crippen MR) is 75.7 cm³/mol. The van der Waals surface area contributed by atoms with Gasteiger partial charge in [-0.05, 0) is 26.0 Å². The Bertz CT molecular complexity index is 491. The van der Waals surface area contributed by atoms with Crippen molar-refractivity contribution < 1.29 is 13.5 Å². The van der Waals surface area contributed by atoms with Crippen LogP contribution in [0.25, 0.3) is 0 Å². The van der Waals surface area contributed by atoms with Crippen LogP contribution in [-0.2, 0) is 4.74 Å². The molecule has 4 nitrogen and oxygen atoms in total. The summed E-state index contributed by atoms with van der Waals surface area (Å²) in [4.78, 5) is 4.00. The van der Waals surface area contributed by atoms with Crippen LogP contribution in [0, 0.1) is 5.92 Å². The van der Waals surface area contributed by atoms with Crippen molar-refractivity contribution in [1.82, 2.24) is 5.43 Å². The lowest BCUT2D eigenvalue weighted by Gasteiger charge is -2.10. The van der Waals surface area contributed by atoms with Crippen LogP contribution in [0.5, 0.6) is 0 Å². The molecule has 0 aromatic heterocycles. The van der Waals surface area contributed by atoms with Gasteiger partial charge in [0.1, 0.15) is 0 Å². The van der Waals surface area contributed by atoms with E-state index in [1.54, 1.807) is 19.1 Å². The summed E-state index contributed by atoms with van der Waals surface area (Å²) in [6, 6.07) is 0. The predicted octanol–water partition coefficient (Wildman–Crippen LogP) is 3.03. The molecular weight excluding hydrogens is 264 g/mol. The Morgan fingerprint density at radius 3 is 2.85 bits per heavy atom. The number of rotatable bonds is 4. The number of nitrogens with two attached hydrogens (primary N) is 1. The van der Waals surface area contributed by atoms with E-state index < -0.39 is 17.8 Å². The third-order valence-corrected chi connectivity index (χ3v) is 2.64. The van der Waals surface area contributed by atoms with Gasteiger partial charge in [-0.15, -0.1) is 0 Å². The lowest BCUT2D eigenvalue weighted by Crippen LogP contribution is -2.24. The van der Waals surface area contributed by atoms with Crippen molar-refractivity contribution in [3.05, 3.63) is 47.8 Å². The van der Waals surface area contributed by atoms with Crippen molar-refractivity contribution in [3.63, 3.8) is 0 Å². The fraction of sp³-hybridized carbons (Fsp3) is 0.357. The fourth-order valence-electron chi connectivity index (χ4n) is 1.51. The topological polar surface area (TPSA) is 59.6 Å². The van der Waals surface area contributed by atoms with Crippen molar-refractivity contribution in [2.45, 2.75) is 26.9 Å². The van der Waals surface area contributed by atoms with E-state index in [-0.39, 0.29) is 11.8 Å². The normalized spacial score (nSPS) is 21.8. The zero-order valence-corrected chi connectivity index (χ0v) is 11.7. The smallest absolute Gasteiger partial charge is 0.218 e. The van der Waals surface area contributed by atoms with Crippen LogP contribution in [0.15, 0.2) is 52.8 Å². The molecule has 2 atom stereocenters. The second-order valence-electron chi connectivity index (χ2n) is 4.27. The summed E-state index contributed by atoms with van der Waals surface area (Å²) in [7, 11) is 0. The monoisotopic (exact) mass is 283 g/mol. The van der Waals surface area contributed by atoms with Crippen LogP contribution < -0.4 is 11.3 Å². The highest BCUT2D eigenvalue weighted by Gasteiger charge is 2.17. The first kappa shape index (κ1) is 16.1. The Kier molecular flexibility index (Phi) is 6.11. The second-order valence-corrected chi connectivity index (χ2v) is 4.27. The number of ether oxygens (including phenoxy) is 1. The highest BCUT2D eigenvalue weighted by atomic mass is 19.1. The molecule has 0 radical (unpaired) electrons. The minimum atomic E-state index is -1.58. The Balaban J connectivity index is 3.02. The van der Waals surface area contributed by atoms with Gasteiger partial charge in [-0.3, -0.25) is 5.84 Å². The molecule has 110 valence electrons. The van der Waals surface area contributed by atoms with E-state index in [9.17, 15) is 8.78 Å². The lowest BCUT2D eigenvalue weighted by atomic mass is 10.1. The Morgan fingerprint density at radius 1 is 1.60 bits per heavy atom. The number of halogens is 2. The maximum atomic E-state index is 13.7. The zero-order chi connectivity index (χ0) is 15.1. The minimum absolute atomic E-state index is 0.000430. The summed E-state index contributed by atoms with van der Waals surface area (Å²) < 4.78 is 32.3. The van der Waals surface area contributed by atoms with Gasteiger partial charge < -0.3 is 10.2 Å². The number of hydrogen-bond donors (Lipinski definition) is 2. The number of alkyl halides is 1. The lowest BCUT2D eigenvalue weighted by molar-refractivity contribution is 0.269. The molecule has 0 fully saturated rings. The molecule has 0 spiro atoms. The summed E-state index contributed by atoms with van der Waals surface area (Å²) >= 11 is 0. The number of nitrogens with one attached hydrogen (secondary N) is 1. The average molecular weight is 283 g/mol. The Labute approximate surface area is 117 Å². The van der Waals surface area contributed by atoms with Crippen LogP contribution in [0.1, 0.15) is 20.8 Å². The first-order valence-electron chi connectivity index (χ1n) is 6.26. The molecule has 0 saturated heterocycles. The van der Waals surface area contributed by atoms with Gasteiger partial charge in [0.05, 0.1) is 11.9 Å². The van der Waals surface area contributed by atoms with Gasteiger partial charge in [-0.2, -0.15) is 0 Å². The third-order valence-electron chi connectivity index (χ3n) is 2.64. The number of nitrogens with zero attached hydrogens (tertiary/aromatic N) is 1. The molecular formula is C14H19F2N3O. The maximum Gasteiger partial charge on any atom is 0.218 e.